The number of rotatable bonds is 6. The molecule has 0 radical (unpaired) electrons. The third-order valence-corrected chi connectivity index (χ3v) is 12.1. The van der Waals surface area contributed by atoms with E-state index in [9.17, 15) is 0 Å². The molecule has 0 fully saturated rings. The monoisotopic (exact) mass is 718 g/mol. The molecule has 0 spiro atoms. The fourth-order valence-corrected chi connectivity index (χ4v) is 9.61. The first-order valence-corrected chi connectivity index (χ1v) is 19.6. The molecule has 258 valence electrons. The van der Waals surface area contributed by atoms with Crippen LogP contribution < -0.4 is 4.90 Å². The predicted molar refractivity (Wildman–Crippen MR) is 237 cm³/mol. The van der Waals surface area contributed by atoms with Crippen LogP contribution >= 0.6 is 11.3 Å². The van der Waals surface area contributed by atoms with Gasteiger partial charge in [-0.2, -0.15) is 0 Å². The van der Waals surface area contributed by atoms with E-state index in [1.54, 1.807) is 0 Å². The summed E-state index contributed by atoms with van der Waals surface area (Å²) in [4.78, 5) is 2.43. The van der Waals surface area contributed by atoms with Crippen molar-refractivity contribution in [3.63, 3.8) is 0 Å². The molecule has 9 aromatic carbocycles. The van der Waals surface area contributed by atoms with Gasteiger partial charge in [0.05, 0.1) is 16.7 Å². The summed E-state index contributed by atoms with van der Waals surface area (Å²) >= 11 is 1.88. The van der Waals surface area contributed by atoms with Crippen LogP contribution in [0.15, 0.2) is 206 Å². The quantitative estimate of drug-likeness (QED) is 0.166. The molecule has 0 amide bonds. The van der Waals surface area contributed by atoms with Crippen molar-refractivity contribution in [2.75, 3.05) is 4.90 Å². The van der Waals surface area contributed by atoms with Crippen molar-refractivity contribution in [2.45, 2.75) is 0 Å². The van der Waals surface area contributed by atoms with Crippen LogP contribution in [-0.2, 0) is 0 Å². The Hall–Kier alpha value is -6.94. The van der Waals surface area contributed by atoms with Gasteiger partial charge in [-0.05, 0) is 99.8 Å². The van der Waals surface area contributed by atoms with Gasteiger partial charge in [0.1, 0.15) is 0 Å². The Morgan fingerprint density at radius 3 is 1.87 bits per heavy atom. The van der Waals surface area contributed by atoms with Crippen molar-refractivity contribution < 1.29 is 0 Å². The van der Waals surface area contributed by atoms with Crippen LogP contribution in [0.5, 0.6) is 0 Å². The van der Waals surface area contributed by atoms with Crippen molar-refractivity contribution in [3.8, 4) is 27.9 Å². The van der Waals surface area contributed by atoms with E-state index in [0.29, 0.717) is 0 Å². The number of hydrogen-bond donors (Lipinski definition) is 0. The van der Waals surface area contributed by atoms with Gasteiger partial charge in [0.2, 0.25) is 0 Å². The lowest BCUT2D eigenvalue weighted by molar-refractivity contribution is 1.18. The fourth-order valence-electron chi connectivity index (χ4n) is 8.45. The van der Waals surface area contributed by atoms with Gasteiger partial charge < -0.3 is 9.47 Å². The number of nitrogens with zero attached hydrogens (tertiary/aromatic N) is 2. The molecular weight excluding hydrogens is 685 g/mol. The highest BCUT2D eigenvalue weighted by molar-refractivity contribution is 7.26. The maximum Gasteiger partial charge on any atom is 0.0562 e. The van der Waals surface area contributed by atoms with Crippen LogP contribution in [0.25, 0.3) is 80.7 Å². The molecular formula is C52H34N2S. The number of thiophene rings is 1. The molecule has 0 N–H and O–H groups in total. The molecule has 2 nitrogen and oxygen atoms in total. The highest BCUT2D eigenvalue weighted by Crippen LogP contribution is 2.45. The zero-order valence-corrected chi connectivity index (χ0v) is 30.7. The Kier molecular flexibility index (Phi) is 7.39. The fraction of sp³-hybridized carbons (Fsp3) is 0. The largest absolute Gasteiger partial charge is 0.310 e. The standard InChI is InChI=1S/C52H34N2S/c1-3-13-35(14-4-1)38-16-11-19-42(33-38)53(47-23-12-24-48-52(47)44-21-9-10-22-46(44)54(48)40-17-5-2-6-18-40)41-29-25-36(26-30-41)39-27-31-45-50(34-39)55-49-32-28-37-15-7-8-20-43(37)51(45)49/h1-34H. The predicted octanol–water partition coefficient (Wildman–Crippen LogP) is 15.1. The molecule has 3 heteroatoms. The summed E-state index contributed by atoms with van der Waals surface area (Å²) in [6, 6.07) is 75.1. The average molecular weight is 719 g/mol. The normalized spacial score (nSPS) is 11.6. The highest BCUT2D eigenvalue weighted by atomic mass is 32.1. The molecule has 0 aliphatic carbocycles. The van der Waals surface area contributed by atoms with E-state index in [-0.39, 0.29) is 0 Å². The molecule has 11 aromatic rings. The van der Waals surface area contributed by atoms with Gasteiger partial charge >= 0.3 is 0 Å². The van der Waals surface area contributed by atoms with Crippen LogP contribution in [-0.4, -0.2) is 4.57 Å². The van der Waals surface area contributed by atoms with Gasteiger partial charge in [-0.1, -0.05) is 140 Å². The summed E-state index contributed by atoms with van der Waals surface area (Å²) in [5, 5.41) is 7.73. The van der Waals surface area contributed by atoms with Crippen molar-refractivity contribution in [2.24, 2.45) is 0 Å². The van der Waals surface area contributed by atoms with Gasteiger partial charge in [-0.25, -0.2) is 0 Å². The van der Waals surface area contributed by atoms with Crippen LogP contribution in [0.2, 0.25) is 0 Å². The van der Waals surface area contributed by atoms with Crippen molar-refractivity contribution >= 4 is 81.1 Å². The summed E-state index contributed by atoms with van der Waals surface area (Å²) in [7, 11) is 0. The van der Waals surface area contributed by atoms with Crippen molar-refractivity contribution in [1.29, 1.82) is 0 Å². The van der Waals surface area contributed by atoms with Gasteiger partial charge in [0, 0.05) is 48.0 Å². The minimum atomic E-state index is 1.10. The lowest BCUT2D eigenvalue weighted by Gasteiger charge is -2.27. The number of anilines is 3. The third-order valence-electron chi connectivity index (χ3n) is 11.0. The Morgan fingerprint density at radius 2 is 1.02 bits per heavy atom. The molecule has 0 saturated carbocycles. The van der Waals surface area contributed by atoms with Crippen molar-refractivity contribution in [3.05, 3.63) is 206 Å². The zero-order chi connectivity index (χ0) is 36.3. The maximum absolute atomic E-state index is 2.43. The summed E-state index contributed by atoms with van der Waals surface area (Å²) in [6.45, 7) is 0. The lowest BCUT2D eigenvalue weighted by Crippen LogP contribution is -2.10. The van der Waals surface area contributed by atoms with Gasteiger partial charge in [-0.3, -0.25) is 0 Å². The number of aromatic nitrogens is 1. The van der Waals surface area contributed by atoms with Gasteiger partial charge in [-0.15, -0.1) is 11.3 Å². The topological polar surface area (TPSA) is 8.17 Å². The molecule has 0 aliphatic rings. The highest BCUT2D eigenvalue weighted by Gasteiger charge is 2.21. The van der Waals surface area contributed by atoms with Gasteiger partial charge in [0.15, 0.2) is 0 Å². The molecule has 0 unspecified atom stereocenters. The Morgan fingerprint density at radius 1 is 0.364 bits per heavy atom. The average Bonchev–Trinajstić information content (AvgIpc) is 3.81. The molecule has 11 rings (SSSR count). The lowest BCUT2D eigenvalue weighted by atomic mass is 10.0. The summed E-state index contributed by atoms with van der Waals surface area (Å²) in [5.74, 6) is 0. The summed E-state index contributed by atoms with van der Waals surface area (Å²) in [5.41, 5.74) is 11.7. The van der Waals surface area contributed by atoms with E-state index in [1.807, 2.05) is 11.3 Å². The smallest absolute Gasteiger partial charge is 0.0562 e. The van der Waals surface area contributed by atoms with Gasteiger partial charge in [0.25, 0.3) is 0 Å². The molecule has 0 saturated heterocycles. The van der Waals surface area contributed by atoms with E-state index in [4.69, 9.17) is 0 Å². The van der Waals surface area contributed by atoms with E-state index < -0.39 is 0 Å². The first-order chi connectivity index (χ1) is 27.3. The van der Waals surface area contributed by atoms with E-state index in [0.717, 1.165) is 22.7 Å². The Balaban J connectivity index is 1.08. The Bertz CT molecular complexity index is 3190. The van der Waals surface area contributed by atoms with Crippen LogP contribution in [0.1, 0.15) is 0 Å². The number of fused-ring (bicyclic) bond motifs is 8. The first-order valence-electron chi connectivity index (χ1n) is 18.8. The maximum atomic E-state index is 2.43. The molecule has 55 heavy (non-hydrogen) atoms. The Labute approximate surface area is 323 Å². The molecule has 0 bridgehead atoms. The molecule has 0 atom stereocenters. The molecule has 2 aromatic heterocycles. The third kappa shape index (κ3) is 5.24. The second-order valence-electron chi connectivity index (χ2n) is 14.1. The second kappa shape index (κ2) is 12.9. The molecule has 2 heterocycles. The molecule has 0 aliphatic heterocycles. The van der Waals surface area contributed by atoms with Crippen molar-refractivity contribution in [1.82, 2.24) is 4.57 Å². The van der Waals surface area contributed by atoms with Crippen LogP contribution in [0.3, 0.4) is 0 Å². The second-order valence-corrected chi connectivity index (χ2v) is 15.2. The number of para-hydroxylation sites is 2. The minimum absolute atomic E-state index is 1.10. The zero-order valence-electron chi connectivity index (χ0n) is 29.9. The van der Waals surface area contributed by atoms with E-state index in [2.05, 4.69) is 216 Å². The van der Waals surface area contributed by atoms with E-state index in [1.165, 1.54) is 75.0 Å². The first kappa shape index (κ1) is 31.6. The van der Waals surface area contributed by atoms with Crippen LogP contribution in [0.4, 0.5) is 17.1 Å². The SMILES string of the molecule is c1ccc(-c2cccc(N(c3ccc(-c4ccc5c(c4)sc4ccc6ccccc6c45)cc3)c3cccc4c3c3ccccc3n4-c3ccccc3)c2)cc1. The minimum Gasteiger partial charge on any atom is -0.310 e. The number of benzene rings is 9. The summed E-state index contributed by atoms with van der Waals surface area (Å²) in [6.07, 6.45) is 0. The van der Waals surface area contributed by atoms with E-state index >= 15 is 0 Å². The number of hydrogen-bond acceptors (Lipinski definition) is 2. The van der Waals surface area contributed by atoms with Crippen LogP contribution in [0, 0.1) is 0 Å². The summed E-state index contributed by atoms with van der Waals surface area (Å²) < 4.78 is 5.04.